The van der Waals surface area contributed by atoms with Gasteiger partial charge in [0.2, 0.25) is 5.91 Å². The molecule has 7 nitrogen and oxygen atoms in total. The van der Waals surface area contributed by atoms with Crippen LogP contribution in [0.2, 0.25) is 0 Å². The molecule has 0 saturated heterocycles. The summed E-state index contributed by atoms with van der Waals surface area (Å²) >= 11 is 0. The summed E-state index contributed by atoms with van der Waals surface area (Å²) in [4.78, 5) is 37.0. The number of benzene rings is 2. The number of carbonyl (C=O) groups is 3. The minimum Gasteiger partial charge on any atom is -0.481 e. The average Bonchev–Trinajstić information content (AvgIpc) is 3.09. The van der Waals surface area contributed by atoms with Crippen LogP contribution in [0.25, 0.3) is 11.1 Å². The van der Waals surface area contributed by atoms with E-state index >= 15 is 0 Å². The Morgan fingerprint density at radius 2 is 1.38 bits per heavy atom. The number of nitrogens with one attached hydrogen (secondary N) is 2. The molecule has 2 aromatic rings. The first-order valence-electron chi connectivity index (χ1n) is 11.4. The molecule has 3 rings (SSSR count). The maximum Gasteiger partial charge on any atom is 0.407 e. The number of carboxylic acids is 1. The van der Waals surface area contributed by atoms with E-state index in [2.05, 4.69) is 34.9 Å². The minimum absolute atomic E-state index is 0.0222. The fourth-order valence-electron chi connectivity index (χ4n) is 3.93. The van der Waals surface area contributed by atoms with Crippen molar-refractivity contribution in [2.75, 3.05) is 13.2 Å². The lowest BCUT2D eigenvalue weighted by Crippen LogP contribution is -2.60. The molecular weight excluding hydrogens is 432 g/mol. The Hall–Kier alpha value is -3.35. The molecule has 2 aromatic carbocycles. The first-order valence-corrected chi connectivity index (χ1v) is 11.4. The molecule has 0 spiro atoms. The lowest BCUT2D eigenvalue weighted by molar-refractivity contribution is -0.147. The van der Waals surface area contributed by atoms with Crippen LogP contribution in [0.1, 0.15) is 58.6 Å². The molecule has 0 fully saturated rings. The molecule has 0 aliphatic heterocycles. The first-order chi connectivity index (χ1) is 15.8. The van der Waals surface area contributed by atoms with E-state index in [1.54, 1.807) is 41.5 Å². The van der Waals surface area contributed by atoms with E-state index in [1.807, 2.05) is 24.3 Å². The predicted octanol–water partition coefficient (Wildman–Crippen LogP) is 4.56. The van der Waals surface area contributed by atoms with Crippen LogP contribution < -0.4 is 10.6 Å². The summed E-state index contributed by atoms with van der Waals surface area (Å²) in [6, 6.07) is 16.2. The molecule has 34 heavy (non-hydrogen) atoms. The van der Waals surface area contributed by atoms with E-state index in [4.69, 9.17) is 4.74 Å². The normalized spacial score (nSPS) is 13.6. The smallest absolute Gasteiger partial charge is 0.407 e. The Balaban J connectivity index is 1.65. The van der Waals surface area contributed by atoms with Crippen molar-refractivity contribution in [3.05, 3.63) is 59.7 Å². The van der Waals surface area contributed by atoms with Crippen molar-refractivity contribution >= 4 is 18.0 Å². The predicted molar refractivity (Wildman–Crippen MR) is 130 cm³/mol. The van der Waals surface area contributed by atoms with Crippen LogP contribution in [-0.2, 0) is 14.3 Å². The van der Waals surface area contributed by atoms with Crippen molar-refractivity contribution in [2.24, 2.45) is 10.8 Å². The van der Waals surface area contributed by atoms with Crippen LogP contribution in [-0.4, -0.2) is 41.8 Å². The van der Waals surface area contributed by atoms with Gasteiger partial charge >= 0.3 is 12.1 Å². The Morgan fingerprint density at radius 3 is 1.88 bits per heavy atom. The van der Waals surface area contributed by atoms with Crippen molar-refractivity contribution in [2.45, 2.75) is 53.0 Å². The number of carboxylic acid groups (broad SMARTS) is 1. The summed E-state index contributed by atoms with van der Waals surface area (Å²) in [6.45, 7) is 10.2. The second-order valence-corrected chi connectivity index (χ2v) is 10.6. The highest BCUT2D eigenvalue weighted by Gasteiger charge is 2.45. The molecule has 1 aliphatic rings. The van der Waals surface area contributed by atoms with Crippen LogP contribution >= 0.6 is 0 Å². The summed E-state index contributed by atoms with van der Waals surface area (Å²) in [5, 5.41) is 14.8. The topological polar surface area (TPSA) is 105 Å². The summed E-state index contributed by atoms with van der Waals surface area (Å²) in [5.41, 5.74) is 1.44. The second kappa shape index (κ2) is 9.12. The van der Waals surface area contributed by atoms with E-state index in [0.717, 1.165) is 22.3 Å². The molecule has 0 radical (unpaired) electrons. The van der Waals surface area contributed by atoms with Crippen LogP contribution in [0, 0.1) is 10.8 Å². The largest absolute Gasteiger partial charge is 0.481 e. The van der Waals surface area contributed by atoms with E-state index in [0.29, 0.717) is 0 Å². The van der Waals surface area contributed by atoms with Gasteiger partial charge < -0.3 is 20.5 Å². The minimum atomic E-state index is -1.10. The number of hydrogen-bond acceptors (Lipinski definition) is 4. The zero-order valence-electron chi connectivity index (χ0n) is 20.7. The second-order valence-electron chi connectivity index (χ2n) is 10.6. The van der Waals surface area contributed by atoms with Crippen molar-refractivity contribution in [1.29, 1.82) is 0 Å². The van der Waals surface area contributed by atoms with Gasteiger partial charge in [0.1, 0.15) is 6.61 Å². The SMILES string of the molecule is CC(C)(CNC(=O)C(C)(C)C(C)(C)NC(=O)OCC1c2ccccc2-c2ccccc21)C(=O)O. The third-order valence-corrected chi connectivity index (χ3v) is 7.16. The number of ether oxygens (including phenoxy) is 1. The van der Waals surface area contributed by atoms with Crippen molar-refractivity contribution in [1.82, 2.24) is 10.6 Å². The van der Waals surface area contributed by atoms with Crippen molar-refractivity contribution in [3.63, 3.8) is 0 Å². The third-order valence-electron chi connectivity index (χ3n) is 7.16. The van der Waals surface area contributed by atoms with Gasteiger partial charge in [0.05, 0.1) is 16.4 Å². The maximum atomic E-state index is 12.9. The summed E-state index contributed by atoms with van der Waals surface area (Å²) < 4.78 is 5.64. The molecule has 1 aliphatic carbocycles. The van der Waals surface area contributed by atoms with Crippen LogP contribution in [0.15, 0.2) is 48.5 Å². The van der Waals surface area contributed by atoms with Gasteiger partial charge in [-0.1, -0.05) is 48.5 Å². The molecule has 0 unspecified atom stereocenters. The molecule has 182 valence electrons. The molecule has 7 heteroatoms. The molecule has 0 atom stereocenters. The summed E-state index contributed by atoms with van der Waals surface area (Å²) in [6.07, 6.45) is -0.612. The zero-order chi connectivity index (χ0) is 25.3. The third kappa shape index (κ3) is 4.79. The lowest BCUT2D eigenvalue weighted by Gasteiger charge is -2.40. The van der Waals surface area contributed by atoms with Crippen molar-refractivity contribution in [3.8, 4) is 11.1 Å². The monoisotopic (exact) mass is 466 g/mol. The van der Waals surface area contributed by atoms with E-state index in [-0.39, 0.29) is 25.0 Å². The Morgan fingerprint density at radius 1 is 0.882 bits per heavy atom. The number of aliphatic carboxylic acids is 1. The number of carbonyl (C=O) groups excluding carboxylic acids is 2. The molecule has 0 saturated carbocycles. The Labute approximate surface area is 200 Å². The van der Waals surface area contributed by atoms with E-state index < -0.39 is 28.4 Å². The fraction of sp³-hybridized carbons (Fsp3) is 0.444. The molecular formula is C27H34N2O5. The molecule has 0 aromatic heterocycles. The first kappa shape index (κ1) is 25.3. The van der Waals surface area contributed by atoms with Gasteiger partial charge in [-0.05, 0) is 63.8 Å². The lowest BCUT2D eigenvalue weighted by atomic mass is 9.73. The van der Waals surface area contributed by atoms with Gasteiger partial charge in [-0.15, -0.1) is 0 Å². The highest BCUT2D eigenvalue weighted by atomic mass is 16.5. The van der Waals surface area contributed by atoms with Gasteiger partial charge in [-0.2, -0.15) is 0 Å². The summed E-state index contributed by atoms with van der Waals surface area (Å²) in [5.74, 6) is -1.41. The molecule has 3 N–H and O–H groups in total. The maximum absolute atomic E-state index is 12.9. The number of alkyl carbamates (subject to hydrolysis) is 1. The van der Waals surface area contributed by atoms with Gasteiger partial charge in [0, 0.05) is 12.5 Å². The quantitative estimate of drug-likeness (QED) is 0.529. The van der Waals surface area contributed by atoms with E-state index in [9.17, 15) is 19.5 Å². The van der Waals surface area contributed by atoms with Gasteiger partial charge in [-0.3, -0.25) is 9.59 Å². The Bertz CT molecular complexity index is 1060. The van der Waals surface area contributed by atoms with Crippen molar-refractivity contribution < 1.29 is 24.2 Å². The van der Waals surface area contributed by atoms with Crippen LogP contribution in [0.4, 0.5) is 4.79 Å². The van der Waals surface area contributed by atoms with Crippen LogP contribution in [0.3, 0.4) is 0 Å². The Kier molecular flexibility index (Phi) is 6.78. The number of fused-ring (bicyclic) bond motifs is 3. The highest BCUT2D eigenvalue weighted by Crippen LogP contribution is 2.44. The number of amides is 2. The number of rotatable bonds is 8. The van der Waals surface area contributed by atoms with Gasteiger partial charge in [0.15, 0.2) is 0 Å². The fourth-order valence-corrected chi connectivity index (χ4v) is 3.93. The van der Waals surface area contributed by atoms with Gasteiger partial charge in [-0.25, -0.2) is 4.79 Å². The zero-order valence-corrected chi connectivity index (χ0v) is 20.7. The standard InChI is InChI=1S/C27H34N2O5/c1-25(2,23(31)32)16-28-22(30)26(3,4)27(5,6)29-24(33)34-15-21-19-13-9-7-11-17(19)18-12-8-10-14-20(18)21/h7-14,21H,15-16H2,1-6H3,(H,28,30)(H,29,33)(H,31,32). The molecule has 0 heterocycles. The number of hydrogen-bond donors (Lipinski definition) is 3. The summed E-state index contributed by atoms with van der Waals surface area (Å²) in [7, 11) is 0. The highest BCUT2D eigenvalue weighted by molar-refractivity contribution is 5.85. The van der Waals surface area contributed by atoms with E-state index in [1.165, 1.54) is 0 Å². The molecule has 0 bridgehead atoms. The van der Waals surface area contributed by atoms with Gasteiger partial charge in [0.25, 0.3) is 0 Å². The van der Waals surface area contributed by atoms with Crippen LogP contribution in [0.5, 0.6) is 0 Å². The average molecular weight is 467 g/mol. The molecule has 2 amide bonds.